The number of benzene rings is 1. The minimum Gasteiger partial charge on any atom is -0.475 e. The number of carbonyl (C=O) groups is 2. The minimum absolute atomic E-state index is 0.0471. The second kappa shape index (κ2) is 7.11. The van der Waals surface area contributed by atoms with E-state index in [-0.39, 0.29) is 12.4 Å². The fourth-order valence-electron chi connectivity index (χ4n) is 1.16. The molecule has 0 spiro atoms. The Labute approximate surface area is 105 Å². The molecule has 0 heterocycles. The third-order valence-electron chi connectivity index (χ3n) is 2.06. The molecule has 0 N–H and O–H groups in total. The van der Waals surface area contributed by atoms with Gasteiger partial charge in [0.05, 0.1) is 14.2 Å². The predicted molar refractivity (Wildman–Crippen MR) is 64.4 cm³/mol. The van der Waals surface area contributed by atoms with Gasteiger partial charge in [-0.3, -0.25) is 0 Å². The Bertz CT molecular complexity index is 436. The summed E-state index contributed by atoms with van der Waals surface area (Å²) in [6, 6.07) is 9.08. The van der Waals surface area contributed by atoms with E-state index >= 15 is 0 Å². The summed E-state index contributed by atoms with van der Waals surface area (Å²) >= 11 is 0. The molecule has 1 rings (SSSR count). The van der Waals surface area contributed by atoms with Gasteiger partial charge in [0, 0.05) is 0 Å². The lowest BCUT2D eigenvalue weighted by atomic mass is 10.2. The van der Waals surface area contributed by atoms with Crippen LogP contribution in [0.1, 0.15) is 5.56 Å². The molecule has 96 valence electrons. The van der Waals surface area contributed by atoms with E-state index in [0.717, 1.165) is 5.56 Å². The molecule has 0 saturated carbocycles. The van der Waals surface area contributed by atoms with Crippen molar-refractivity contribution in [3.8, 4) is 0 Å². The molecule has 0 radical (unpaired) electrons. The topological polar surface area (TPSA) is 61.8 Å². The fourth-order valence-corrected chi connectivity index (χ4v) is 1.16. The smallest absolute Gasteiger partial charge is 0.373 e. The number of methoxy groups -OCH3 is 2. The molecule has 0 aromatic heterocycles. The molecule has 5 nitrogen and oxygen atoms in total. The zero-order valence-electron chi connectivity index (χ0n) is 10.2. The summed E-state index contributed by atoms with van der Waals surface area (Å²) in [5.41, 5.74) is 0.766. The number of esters is 2. The quantitative estimate of drug-likeness (QED) is 0.449. The molecule has 0 bridgehead atoms. The van der Waals surface area contributed by atoms with Crippen LogP contribution in [0.3, 0.4) is 0 Å². The maximum atomic E-state index is 11.4. The minimum atomic E-state index is -0.650. The van der Waals surface area contributed by atoms with Crippen LogP contribution in [0.15, 0.2) is 36.1 Å². The Morgan fingerprint density at radius 2 is 1.78 bits per heavy atom. The summed E-state index contributed by atoms with van der Waals surface area (Å²) in [4.78, 5) is 22.4. The second-order valence-corrected chi connectivity index (χ2v) is 3.28. The lowest BCUT2D eigenvalue weighted by Gasteiger charge is -2.07. The lowest BCUT2D eigenvalue weighted by Crippen LogP contribution is -2.15. The Kier molecular flexibility index (Phi) is 5.44. The summed E-state index contributed by atoms with van der Waals surface area (Å²) in [6.45, 7) is -0.343. The maximum absolute atomic E-state index is 11.4. The van der Waals surface area contributed by atoms with E-state index in [9.17, 15) is 9.59 Å². The molecule has 0 amide bonds. The van der Waals surface area contributed by atoms with Crippen molar-refractivity contribution in [2.45, 2.75) is 0 Å². The summed E-state index contributed by atoms with van der Waals surface area (Å²) < 4.78 is 14.1. The van der Waals surface area contributed by atoms with Crippen LogP contribution in [-0.2, 0) is 23.8 Å². The molecule has 0 unspecified atom stereocenters. The van der Waals surface area contributed by atoms with Crippen LogP contribution in [0.2, 0.25) is 0 Å². The van der Waals surface area contributed by atoms with Crippen molar-refractivity contribution in [3.05, 3.63) is 41.7 Å². The Morgan fingerprint density at radius 3 is 2.33 bits per heavy atom. The summed E-state index contributed by atoms with van der Waals surface area (Å²) in [5.74, 6) is -1.27. The van der Waals surface area contributed by atoms with E-state index in [4.69, 9.17) is 4.74 Å². The maximum Gasteiger partial charge on any atom is 0.373 e. The zero-order chi connectivity index (χ0) is 13.4. The molecular weight excluding hydrogens is 236 g/mol. The SMILES string of the molecule is COC(=O)COC(=Cc1ccccc1)C(=O)OC. The molecule has 1 aromatic rings. The van der Waals surface area contributed by atoms with Gasteiger partial charge in [0.1, 0.15) is 0 Å². The molecule has 0 atom stereocenters. The van der Waals surface area contributed by atoms with Crippen LogP contribution in [0.5, 0.6) is 0 Å². The Morgan fingerprint density at radius 1 is 1.11 bits per heavy atom. The van der Waals surface area contributed by atoms with Crippen molar-refractivity contribution in [1.29, 1.82) is 0 Å². The van der Waals surface area contributed by atoms with Gasteiger partial charge >= 0.3 is 11.9 Å². The van der Waals surface area contributed by atoms with E-state index in [1.165, 1.54) is 20.3 Å². The fraction of sp³-hybridized carbons (Fsp3) is 0.231. The van der Waals surface area contributed by atoms with Gasteiger partial charge in [-0.1, -0.05) is 30.3 Å². The van der Waals surface area contributed by atoms with E-state index < -0.39 is 11.9 Å². The number of ether oxygens (including phenoxy) is 3. The first-order valence-electron chi connectivity index (χ1n) is 5.22. The highest BCUT2D eigenvalue weighted by Crippen LogP contribution is 2.09. The molecule has 0 saturated heterocycles. The van der Waals surface area contributed by atoms with Crippen molar-refractivity contribution in [2.75, 3.05) is 20.8 Å². The third kappa shape index (κ3) is 4.29. The van der Waals surface area contributed by atoms with Crippen molar-refractivity contribution in [3.63, 3.8) is 0 Å². The van der Waals surface area contributed by atoms with E-state index in [0.29, 0.717) is 0 Å². The van der Waals surface area contributed by atoms with Crippen LogP contribution < -0.4 is 0 Å². The van der Waals surface area contributed by atoms with Gasteiger partial charge in [0.2, 0.25) is 5.76 Å². The van der Waals surface area contributed by atoms with Crippen molar-refractivity contribution >= 4 is 18.0 Å². The standard InChI is InChI=1S/C13H14O5/c1-16-12(14)9-18-11(13(15)17-2)8-10-6-4-3-5-7-10/h3-8H,9H2,1-2H3. The first-order valence-corrected chi connectivity index (χ1v) is 5.22. The van der Waals surface area contributed by atoms with Crippen LogP contribution in [-0.4, -0.2) is 32.8 Å². The average Bonchev–Trinajstić information content (AvgIpc) is 2.43. The first kappa shape index (κ1) is 13.8. The van der Waals surface area contributed by atoms with Crippen LogP contribution in [0, 0.1) is 0 Å². The average molecular weight is 250 g/mol. The summed E-state index contributed by atoms with van der Waals surface area (Å²) in [7, 11) is 2.48. The predicted octanol–water partition coefficient (Wildman–Crippen LogP) is 1.39. The normalized spacial score (nSPS) is 10.7. The van der Waals surface area contributed by atoms with Crippen LogP contribution >= 0.6 is 0 Å². The molecule has 0 aliphatic rings. The van der Waals surface area contributed by atoms with Crippen molar-refractivity contribution in [1.82, 2.24) is 0 Å². The summed E-state index contributed by atoms with van der Waals surface area (Å²) in [6.07, 6.45) is 1.49. The van der Waals surface area contributed by atoms with E-state index in [1.54, 1.807) is 12.1 Å². The number of carbonyl (C=O) groups excluding carboxylic acids is 2. The number of hydrogen-bond acceptors (Lipinski definition) is 5. The van der Waals surface area contributed by atoms with Gasteiger partial charge in [-0.15, -0.1) is 0 Å². The number of hydrogen-bond donors (Lipinski definition) is 0. The largest absolute Gasteiger partial charge is 0.475 e. The van der Waals surface area contributed by atoms with Gasteiger partial charge in [0.15, 0.2) is 6.61 Å². The molecule has 18 heavy (non-hydrogen) atoms. The van der Waals surface area contributed by atoms with E-state index in [2.05, 4.69) is 9.47 Å². The van der Waals surface area contributed by atoms with Crippen molar-refractivity contribution < 1.29 is 23.8 Å². The van der Waals surface area contributed by atoms with Crippen molar-refractivity contribution in [2.24, 2.45) is 0 Å². The van der Waals surface area contributed by atoms with Gasteiger partial charge in [-0.2, -0.15) is 0 Å². The third-order valence-corrected chi connectivity index (χ3v) is 2.06. The van der Waals surface area contributed by atoms with Crippen LogP contribution in [0.4, 0.5) is 0 Å². The Hall–Kier alpha value is -2.30. The van der Waals surface area contributed by atoms with Gasteiger partial charge in [-0.25, -0.2) is 9.59 Å². The monoisotopic (exact) mass is 250 g/mol. The van der Waals surface area contributed by atoms with Gasteiger partial charge < -0.3 is 14.2 Å². The lowest BCUT2D eigenvalue weighted by molar-refractivity contribution is -0.147. The number of rotatable bonds is 5. The first-order chi connectivity index (χ1) is 8.67. The van der Waals surface area contributed by atoms with E-state index in [1.807, 2.05) is 18.2 Å². The van der Waals surface area contributed by atoms with Gasteiger partial charge in [-0.05, 0) is 11.6 Å². The van der Waals surface area contributed by atoms with Crippen LogP contribution in [0.25, 0.3) is 6.08 Å². The van der Waals surface area contributed by atoms with Gasteiger partial charge in [0.25, 0.3) is 0 Å². The molecule has 0 aliphatic heterocycles. The molecular formula is C13H14O5. The molecule has 0 aliphatic carbocycles. The zero-order valence-corrected chi connectivity index (χ0v) is 10.2. The molecule has 1 aromatic carbocycles. The Balaban J connectivity index is 2.82. The summed E-state index contributed by atoms with van der Waals surface area (Å²) in [5, 5.41) is 0. The highest BCUT2D eigenvalue weighted by molar-refractivity contribution is 5.91. The molecule has 0 fully saturated rings. The highest BCUT2D eigenvalue weighted by atomic mass is 16.6. The molecule has 5 heteroatoms. The highest BCUT2D eigenvalue weighted by Gasteiger charge is 2.13. The second-order valence-electron chi connectivity index (χ2n) is 3.28.